The Kier molecular flexibility index (Phi) is 7.58. The summed E-state index contributed by atoms with van der Waals surface area (Å²) >= 11 is 0. The van der Waals surface area contributed by atoms with E-state index in [0.717, 1.165) is 12.3 Å². The first-order chi connectivity index (χ1) is 9.52. The summed E-state index contributed by atoms with van der Waals surface area (Å²) in [6.07, 6.45) is 12.4. The van der Waals surface area contributed by atoms with Gasteiger partial charge in [-0.25, -0.2) is 0 Å². The Hall–Kier alpha value is -0.560. The molecule has 0 radical (unpaired) electrons. The Morgan fingerprint density at radius 3 is 2.35 bits per heavy atom. The van der Waals surface area contributed by atoms with E-state index in [4.69, 9.17) is 4.74 Å². The van der Waals surface area contributed by atoms with Crippen molar-refractivity contribution in [2.24, 2.45) is 17.8 Å². The van der Waals surface area contributed by atoms with Crippen LogP contribution in [0.15, 0.2) is 23.8 Å². The molecule has 0 N–H and O–H groups in total. The maximum atomic E-state index is 6.42. The van der Waals surface area contributed by atoms with Gasteiger partial charge >= 0.3 is 0 Å². The lowest BCUT2D eigenvalue weighted by atomic mass is 9.74. The summed E-state index contributed by atoms with van der Waals surface area (Å²) in [6, 6.07) is 0. The van der Waals surface area contributed by atoms with Gasteiger partial charge in [-0.05, 0) is 50.0 Å². The molecular formula is C19H34O. The standard InChI is InChI=1S/C19H34O/c1-7-9-10-11-12-13-18-16(5)15(4)17(6)19(20-18)14(3)8-2/h8,11-12,15-19H,7,9-10,13H2,1-6H3. The maximum absolute atomic E-state index is 6.42. The first-order valence-corrected chi connectivity index (χ1v) is 8.46. The van der Waals surface area contributed by atoms with Crippen molar-refractivity contribution in [1.29, 1.82) is 0 Å². The van der Waals surface area contributed by atoms with Gasteiger partial charge in [0.05, 0.1) is 12.2 Å². The fourth-order valence-electron chi connectivity index (χ4n) is 3.16. The topological polar surface area (TPSA) is 9.23 Å². The van der Waals surface area contributed by atoms with Crippen molar-refractivity contribution >= 4 is 0 Å². The highest BCUT2D eigenvalue weighted by Gasteiger charge is 2.38. The average molecular weight is 278 g/mol. The molecule has 0 aromatic rings. The molecule has 1 fully saturated rings. The van der Waals surface area contributed by atoms with Crippen molar-refractivity contribution in [2.45, 2.75) is 79.4 Å². The number of unbranched alkanes of at least 4 members (excludes halogenated alkanes) is 2. The zero-order valence-electron chi connectivity index (χ0n) is 14.4. The Morgan fingerprint density at radius 2 is 1.75 bits per heavy atom. The van der Waals surface area contributed by atoms with Gasteiger partial charge in [-0.15, -0.1) is 0 Å². The molecule has 116 valence electrons. The molecule has 1 heterocycles. The van der Waals surface area contributed by atoms with Gasteiger partial charge in [0, 0.05) is 0 Å². The van der Waals surface area contributed by atoms with Crippen molar-refractivity contribution in [2.75, 3.05) is 0 Å². The molecule has 1 heteroatoms. The molecule has 0 saturated carbocycles. The molecule has 0 aliphatic carbocycles. The van der Waals surface area contributed by atoms with E-state index in [0.29, 0.717) is 24.0 Å². The van der Waals surface area contributed by atoms with Gasteiger partial charge in [0.2, 0.25) is 0 Å². The first-order valence-electron chi connectivity index (χ1n) is 8.46. The second-order valence-electron chi connectivity index (χ2n) is 6.55. The molecule has 0 spiro atoms. The summed E-state index contributed by atoms with van der Waals surface area (Å²) < 4.78 is 6.42. The lowest BCUT2D eigenvalue weighted by Gasteiger charge is -2.44. The number of allylic oxidation sites excluding steroid dienone is 2. The highest BCUT2D eigenvalue weighted by molar-refractivity contribution is 5.08. The van der Waals surface area contributed by atoms with Crippen LogP contribution in [0, 0.1) is 17.8 Å². The third-order valence-electron chi connectivity index (χ3n) is 5.21. The van der Waals surface area contributed by atoms with Gasteiger partial charge in [0.25, 0.3) is 0 Å². The van der Waals surface area contributed by atoms with Crippen LogP contribution < -0.4 is 0 Å². The third-order valence-corrected chi connectivity index (χ3v) is 5.21. The van der Waals surface area contributed by atoms with E-state index in [1.807, 2.05) is 0 Å². The van der Waals surface area contributed by atoms with Gasteiger partial charge in [-0.2, -0.15) is 0 Å². The van der Waals surface area contributed by atoms with E-state index in [1.54, 1.807) is 0 Å². The molecule has 5 unspecified atom stereocenters. The van der Waals surface area contributed by atoms with Crippen molar-refractivity contribution < 1.29 is 4.74 Å². The number of rotatable bonds is 6. The van der Waals surface area contributed by atoms with E-state index >= 15 is 0 Å². The summed E-state index contributed by atoms with van der Waals surface area (Å²) in [6.45, 7) is 13.7. The van der Waals surface area contributed by atoms with Crippen LogP contribution in [0.25, 0.3) is 0 Å². The second kappa shape index (κ2) is 8.67. The van der Waals surface area contributed by atoms with E-state index < -0.39 is 0 Å². The predicted octanol–water partition coefficient (Wildman–Crippen LogP) is 5.76. The molecule has 1 rings (SSSR count). The van der Waals surface area contributed by atoms with Crippen LogP contribution in [-0.2, 0) is 4.74 Å². The fraction of sp³-hybridized carbons (Fsp3) is 0.789. The SMILES string of the molecule is CC=C(C)C1OC(CC=CCCCC)C(C)C(C)C1C. The quantitative estimate of drug-likeness (QED) is 0.443. The molecule has 1 nitrogen and oxygen atoms in total. The molecule has 1 aliphatic heterocycles. The number of hydrogen-bond donors (Lipinski definition) is 0. The largest absolute Gasteiger partial charge is 0.370 e. The average Bonchev–Trinajstić information content (AvgIpc) is 2.46. The minimum Gasteiger partial charge on any atom is -0.370 e. The molecular weight excluding hydrogens is 244 g/mol. The summed E-state index contributed by atoms with van der Waals surface area (Å²) in [5.41, 5.74) is 1.39. The third kappa shape index (κ3) is 4.48. The van der Waals surface area contributed by atoms with Crippen LogP contribution in [0.4, 0.5) is 0 Å². The number of ether oxygens (including phenoxy) is 1. The van der Waals surface area contributed by atoms with E-state index in [1.165, 1.54) is 24.8 Å². The van der Waals surface area contributed by atoms with Crippen LogP contribution >= 0.6 is 0 Å². The first kappa shape index (κ1) is 17.5. The zero-order valence-corrected chi connectivity index (χ0v) is 14.4. The number of hydrogen-bond acceptors (Lipinski definition) is 1. The molecule has 20 heavy (non-hydrogen) atoms. The van der Waals surface area contributed by atoms with E-state index in [-0.39, 0.29) is 0 Å². The molecule has 1 aliphatic rings. The van der Waals surface area contributed by atoms with Crippen LogP contribution in [0.1, 0.15) is 67.2 Å². The summed E-state index contributed by atoms with van der Waals surface area (Å²) in [5.74, 6) is 1.97. The molecule has 0 aromatic heterocycles. The maximum Gasteiger partial charge on any atom is 0.0814 e. The van der Waals surface area contributed by atoms with Crippen LogP contribution in [0.5, 0.6) is 0 Å². The Balaban J connectivity index is 2.63. The molecule has 1 saturated heterocycles. The summed E-state index contributed by atoms with van der Waals surface area (Å²) in [4.78, 5) is 0. The minimum atomic E-state index is 0.306. The van der Waals surface area contributed by atoms with Crippen molar-refractivity contribution in [3.05, 3.63) is 23.8 Å². The summed E-state index contributed by atoms with van der Waals surface area (Å²) in [7, 11) is 0. The Labute approximate surface area is 126 Å². The Morgan fingerprint density at radius 1 is 1.05 bits per heavy atom. The van der Waals surface area contributed by atoms with Gasteiger partial charge in [0.1, 0.15) is 0 Å². The highest BCUT2D eigenvalue weighted by Crippen LogP contribution is 2.38. The molecule has 0 bridgehead atoms. The van der Waals surface area contributed by atoms with Gasteiger partial charge in [-0.1, -0.05) is 58.8 Å². The van der Waals surface area contributed by atoms with E-state index in [2.05, 4.69) is 59.8 Å². The molecule has 0 aromatic carbocycles. The lowest BCUT2D eigenvalue weighted by molar-refractivity contribution is -0.115. The summed E-state index contributed by atoms with van der Waals surface area (Å²) in [5, 5.41) is 0. The van der Waals surface area contributed by atoms with Crippen molar-refractivity contribution in [3.63, 3.8) is 0 Å². The van der Waals surface area contributed by atoms with E-state index in [9.17, 15) is 0 Å². The lowest BCUT2D eigenvalue weighted by Crippen LogP contribution is -2.44. The predicted molar refractivity (Wildman–Crippen MR) is 88.9 cm³/mol. The fourth-order valence-corrected chi connectivity index (χ4v) is 3.16. The molecule has 0 amide bonds. The normalized spacial score (nSPS) is 35.7. The van der Waals surface area contributed by atoms with Crippen LogP contribution in [0.2, 0.25) is 0 Å². The smallest absolute Gasteiger partial charge is 0.0814 e. The van der Waals surface area contributed by atoms with Crippen molar-refractivity contribution in [1.82, 2.24) is 0 Å². The second-order valence-corrected chi connectivity index (χ2v) is 6.55. The van der Waals surface area contributed by atoms with Gasteiger partial charge < -0.3 is 4.74 Å². The van der Waals surface area contributed by atoms with Crippen molar-refractivity contribution in [3.8, 4) is 0 Å². The Bertz CT molecular complexity index is 329. The van der Waals surface area contributed by atoms with Crippen LogP contribution in [-0.4, -0.2) is 12.2 Å². The van der Waals surface area contributed by atoms with Gasteiger partial charge in [0.15, 0.2) is 0 Å². The zero-order chi connectivity index (χ0) is 15.1. The minimum absolute atomic E-state index is 0.306. The van der Waals surface area contributed by atoms with Crippen LogP contribution in [0.3, 0.4) is 0 Å². The molecule has 5 atom stereocenters. The highest BCUT2D eigenvalue weighted by atomic mass is 16.5. The van der Waals surface area contributed by atoms with Gasteiger partial charge in [-0.3, -0.25) is 0 Å². The monoisotopic (exact) mass is 278 g/mol.